The molecule has 0 aromatic heterocycles. The number of nitrogens with one attached hydrogen (secondary N) is 2. The van der Waals surface area contributed by atoms with E-state index in [-0.39, 0.29) is 11.8 Å². The van der Waals surface area contributed by atoms with Crippen LogP contribution in [0.25, 0.3) is 0 Å². The summed E-state index contributed by atoms with van der Waals surface area (Å²) in [6.45, 7) is 3.60. The summed E-state index contributed by atoms with van der Waals surface area (Å²) in [5, 5.41) is 5.65. The van der Waals surface area contributed by atoms with Crippen LogP contribution in [0.1, 0.15) is 22.8 Å². The van der Waals surface area contributed by atoms with Gasteiger partial charge >= 0.3 is 0 Å². The minimum atomic E-state index is -0.720. The van der Waals surface area contributed by atoms with Gasteiger partial charge in [0.25, 0.3) is 11.8 Å². The normalized spacial score (nSPS) is 11.3. The molecule has 2 amide bonds. The quantitative estimate of drug-likeness (QED) is 0.600. The number of ether oxygens (including phenoxy) is 2. The SMILES string of the molecule is COc1ccccc1OC(C)C(=O)Nc1ccc(NC(=O)c2cccc(C)c2)cc1. The molecule has 2 N–H and O–H groups in total. The van der Waals surface area contributed by atoms with Gasteiger partial charge in [0.1, 0.15) is 0 Å². The average molecular weight is 404 g/mol. The first-order valence-corrected chi connectivity index (χ1v) is 9.55. The molecule has 0 aliphatic heterocycles. The van der Waals surface area contributed by atoms with Crippen molar-refractivity contribution in [3.8, 4) is 11.5 Å². The number of hydrogen-bond acceptors (Lipinski definition) is 4. The van der Waals surface area contributed by atoms with Crippen LogP contribution in [0.3, 0.4) is 0 Å². The van der Waals surface area contributed by atoms with E-state index in [1.807, 2.05) is 37.3 Å². The third-order valence-corrected chi connectivity index (χ3v) is 4.43. The molecule has 154 valence electrons. The molecule has 0 fully saturated rings. The van der Waals surface area contributed by atoms with Gasteiger partial charge in [-0.15, -0.1) is 0 Å². The Kier molecular flexibility index (Phi) is 6.70. The van der Waals surface area contributed by atoms with Crippen LogP contribution in [-0.2, 0) is 4.79 Å². The van der Waals surface area contributed by atoms with Crippen molar-refractivity contribution in [2.45, 2.75) is 20.0 Å². The van der Waals surface area contributed by atoms with Gasteiger partial charge in [-0.05, 0) is 62.4 Å². The number of benzene rings is 3. The van der Waals surface area contributed by atoms with Gasteiger partial charge in [0.2, 0.25) is 0 Å². The largest absolute Gasteiger partial charge is 0.493 e. The Morgan fingerprint density at radius 3 is 2.10 bits per heavy atom. The van der Waals surface area contributed by atoms with E-state index in [0.717, 1.165) is 5.56 Å². The number of aryl methyl sites for hydroxylation is 1. The van der Waals surface area contributed by atoms with Crippen molar-refractivity contribution in [1.29, 1.82) is 0 Å². The Bertz CT molecular complexity index is 1030. The fourth-order valence-electron chi connectivity index (χ4n) is 2.83. The minimum absolute atomic E-state index is 0.186. The highest BCUT2D eigenvalue weighted by Gasteiger charge is 2.17. The van der Waals surface area contributed by atoms with Crippen molar-refractivity contribution in [2.24, 2.45) is 0 Å². The van der Waals surface area contributed by atoms with Gasteiger partial charge < -0.3 is 20.1 Å². The second kappa shape index (κ2) is 9.60. The third kappa shape index (κ3) is 5.38. The molecule has 0 radical (unpaired) electrons. The van der Waals surface area contributed by atoms with Gasteiger partial charge in [-0.1, -0.05) is 29.8 Å². The molecule has 0 aliphatic carbocycles. The molecular formula is C24H24N2O4. The lowest BCUT2D eigenvalue weighted by Gasteiger charge is -2.16. The van der Waals surface area contributed by atoms with Crippen molar-refractivity contribution in [3.05, 3.63) is 83.9 Å². The molecule has 1 atom stereocenters. The smallest absolute Gasteiger partial charge is 0.265 e. The van der Waals surface area contributed by atoms with E-state index in [9.17, 15) is 9.59 Å². The van der Waals surface area contributed by atoms with Gasteiger partial charge in [0.05, 0.1) is 7.11 Å². The predicted molar refractivity (Wildman–Crippen MR) is 117 cm³/mol. The Morgan fingerprint density at radius 1 is 0.833 bits per heavy atom. The number of carbonyl (C=O) groups excluding carboxylic acids is 2. The molecule has 0 spiro atoms. The maximum Gasteiger partial charge on any atom is 0.265 e. The molecule has 3 rings (SSSR count). The van der Waals surface area contributed by atoms with E-state index in [1.54, 1.807) is 56.5 Å². The van der Waals surface area contributed by atoms with Gasteiger partial charge in [-0.3, -0.25) is 9.59 Å². The Hall–Kier alpha value is -3.80. The topological polar surface area (TPSA) is 76.7 Å². The molecule has 6 nitrogen and oxygen atoms in total. The van der Waals surface area contributed by atoms with E-state index in [0.29, 0.717) is 28.4 Å². The molecule has 0 heterocycles. The van der Waals surface area contributed by atoms with Crippen LogP contribution in [0.5, 0.6) is 11.5 Å². The summed E-state index contributed by atoms with van der Waals surface area (Å²) in [6.07, 6.45) is -0.720. The number of carbonyl (C=O) groups is 2. The van der Waals surface area contributed by atoms with Crippen LogP contribution in [0, 0.1) is 6.92 Å². The molecular weight excluding hydrogens is 380 g/mol. The van der Waals surface area contributed by atoms with Crippen molar-refractivity contribution in [2.75, 3.05) is 17.7 Å². The van der Waals surface area contributed by atoms with Gasteiger partial charge in [-0.2, -0.15) is 0 Å². The highest BCUT2D eigenvalue weighted by molar-refractivity contribution is 6.04. The molecule has 1 unspecified atom stereocenters. The molecule has 0 bridgehead atoms. The highest BCUT2D eigenvalue weighted by atomic mass is 16.5. The number of amides is 2. The van der Waals surface area contributed by atoms with Crippen LogP contribution in [0.15, 0.2) is 72.8 Å². The lowest BCUT2D eigenvalue weighted by atomic mass is 10.1. The van der Waals surface area contributed by atoms with Crippen molar-refractivity contribution < 1.29 is 19.1 Å². The van der Waals surface area contributed by atoms with E-state index in [4.69, 9.17) is 9.47 Å². The summed E-state index contributed by atoms with van der Waals surface area (Å²) in [5.74, 6) is 0.578. The summed E-state index contributed by atoms with van der Waals surface area (Å²) < 4.78 is 10.9. The minimum Gasteiger partial charge on any atom is -0.493 e. The van der Waals surface area contributed by atoms with Crippen LogP contribution < -0.4 is 20.1 Å². The highest BCUT2D eigenvalue weighted by Crippen LogP contribution is 2.27. The first-order valence-electron chi connectivity index (χ1n) is 9.55. The lowest BCUT2D eigenvalue weighted by Crippen LogP contribution is -2.30. The fraction of sp³-hybridized carbons (Fsp3) is 0.167. The van der Waals surface area contributed by atoms with Crippen molar-refractivity contribution in [3.63, 3.8) is 0 Å². The van der Waals surface area contributed by atoms with E-state index >= 15 is 0 Å². The Morgan fingerprint density at radius 2 is 1.47 bits per heavy atom. The van der Waals surface area contributed by atoms with Gasteiger partial charge in [0, 0.05) is 16.9 Å². The van der Waals surface area contributed by atoms with E-state index in [1.165, 1.54) is 0 Å². The standard InChI is InChI=1S/C24H24N2O4/c1-16-7-6-8-18(15-16)24(28)26-20-13-11-19(12-14-20)25-23(27)17(2)30-22-10-5-4-9-21(22)29-3/h4-15,17H,1-3H3,(H,25,27)(H,26,28). The molecule has 0 saturated carbocycles. The monoisotopic (exact) mass is 404 g/mol. The fourth-order valence-corrected chi connectivity index (χ4v) is 2.83. The van der Waals surface area contributed by atoms with Crippen LogP contribution in [0.4, 0.5) is 11.4 Å². The first-order chi connectivity index (χ1) is 14.5. The third-order valence-electron chi connectivity index (χ3n) is 4.43. The molecule has 0 aliphatic rings. The number of para-hydroxylation sites is 2. The van der Waals surface area contributed by atoms with Crippen LogP contribution >= 0.6 is 0 Å². The summed E-state index contributed by atoms with van der Waals surface area (Å²) in [4.78, 5) is 24.8. The summed E-state index contributed by atoms with van der Waals surface area (Å²) in [6, 6.07) is 21.4. The van der Waals surface area contributed by atoms with E-state index < -0.39 is 6.10 Å². The summed E-state index contributed by atoms with van der Waals surface area (Å²) in [7, 11) is 1.55. The van der Waals surface area contributed by atoms with Gasteiger partial charge in [0.15, 0.2) is 17.6 Å². The Labute approximate surface area is 175 Å². The van der Waals surface area contributed by atoms with Gasteiger partial charge in [-0.25, -0.2) is 0 Å². The maximum absolute atomic E-state index is 12.4. The number of hydrogen-bond donors (Lipinski definition) is 2. The van der Waals surface area contributed by atoms with E-state index in [2.05, 4.69) is 10.6 Å². The zero-order chi connectivity index (χ0) is 21.5. The average Bonchev–Trinajstić information content (AvgIpc) is 2.75. The zero-order valence-electron chi connectivity index (χ0n) is 17.1. The second-order valence-electron chi connectivity index (χ2n) is 6.80. The van der Waals surface area contributed by atoms with Crippen molar-refractivity contribution >= 4 is 23.2 Å². The summed E-state index contributed by atoms with van der Waals surface area (Å²) in [5.41, 5.74) is 2.85. The number of anilines is 2. The molecule has 3 aromatic rings. The molecule has 30 heavy (non-hydrogen) atoms. The summed E-state index contributed by atoms with van der Waals surface area (Å²) >= 11 is 0. The van der Waals surface area contributed by atoms with Crippen LogP contribution in [-0.4, -0.2) is 25.0 Å². The van der Waals surface area contributed by atoms with Crippen molar-refractivity contribution in [1.82, 2.24) is 0 Å². The zero-order valence-corrected chi connectivity index (χ0v) is 17.1. The molecule has 0 saturated heterocycles. The van der Waals surface area contributed by atoms with Crippen LogP contribution in [0.2, 0.25) is 0 Å². The number of rotatable bonds is 7. The lowest BCUT2D eigenvalue weighted by molar-refractivity contribution is -0.122. The maximum atomic E-state index is 12.4. The first kappa shape index (κ1) is 20.9. The molecule has 6 heteroatoms. The Balaban J connectivity index is 1.58. The predicted octanol–water partition coefficient (Wildman–Crippen LogP) is 4.66. The number of methoxy groups -OCH3 is 1. The second-order valence-corrected chi connectivity index (χ2v) is 6.80. The molecule has 3 aromatic carbocycles.